The Kier molecular flexibility index (Phi) is 5.31. The van der Waals surface area contributed by atoms with Gasteiger partial charge in [-0.25, -0.2) is 4.98 Å². The highest BCUT2D eigenvalue weighted by molar-refractivity contribution is 7.14. The van der Waals surface area contributed by atoms with Gasteiger partial charge in [0.2, 0.25) is 0 Å². The molecule has 0 bridgehead atoms. The molecule has 3 aromatic carbocycles. The number of benzene rings is 3. The molecule has 0 aliphatic rings. The van der Waals surface area contributed by atoms with Crippen LogP contribution in [0.25, 0.3) is 22.4 Å². The number of carbonyl (C=O) groups is 1. The molecule has 0 aliphatic heterocycles. The smallest absolute Gasteiger partial charge is 0.257 e. The molecular weight excluding hydrogens is 364 g/mol. The van der Waals surface area contributed by atoms with Gasteiger partial charge in [-0.2, -0.15) is 0 Å². The van der Waals surface area contributed by atoms with Crippen LogP contribution < -0.4 is 5.32 Å². The van der Waals surface area contributed by atoms with Crippen LogP contribution in [0.1, 0.15) is 22.8 Å². The van der Waals surface area contributed by atoms with Crippen molar-refractivity contribution < 1.29 is 4.79 Å². The van der Waals surface area contributed by atoms with Gasteiger partial charge in [-0.1, -0.05) is 73.7 Å². The van der Waals surface area contributed by atoms with E-state index in [2.05, 4.69) is 53.6 Å². The monoisotopic (exact) mass is 384 g/mol. The van der Waals surface area contributed by atoms with E-state index in [1.165, 1.54) is 28.0 Å². The molecule has 0 atom stereocenters. The third-order valence-electron chi connectivity index (χ3n) is 4.64. The van der Waals surface area contributed by atoms with Crippen molar-refractivity contribution in [2.45, 2.75) is 13.3 Å². The Balaban J connectivity index is 1.47. The lowest BCUT2D eigenvalue weighted by Gasteiger charge is -2.04. The fourth-order valence-electron chi connectivity index (χ4n) is 2.99. The van der Waals surface area contributed by atoms with Gasteiger partial charge in [0.1, 0.15) is 0 Å². The minimum atomic E-state index is -0.136. The van der Waals surface area contributed by atoms with Gasteiger partial charge in [0.15, 0.2) is 5.13 Å². The van der Waals surface area contributed by atoms with Crippen molar-refractivity contribution in [1.29, 1.82) is 0 Å². The maximum atomic E-state index is 12.4. The van der Waals surface area contributed by atoms with Crippen molar-refractivity contribution in [1.82, 2.24) is 4.98 Å². The first kappa shape index (κ1) is 18.1. The number of thiazole rings is 1. The molecule has 4 heteroatoms. The molecule has 0 saturated carbocycles. The number of carbonyl (C=O) groups excluding carboxylic acids is 1. The van der Waals surface area contributed by atoms with Crippen LogP contribution >= 0.6 is 11.3 Å². The van der Waals surface area contributed by atoms with Gasteiger partial charge in [0.05, 0.1) is 5.69 Å². The van der Waals surface area contributed by atoms with Gasteiger partial charge in [0, 0.05) is 16.5 Å². The molecule has 1 amide bonds. The third-order valence-corrected chi connectivity index (χ3v) is 5.39. The van der Waals surface area contributed by atoms with Crippen LogP contribution in [0.2, 0.25) is 0 Å². The summed E-state index contributed by atoms with van der Waals surface area (Å²) in [6.45, 7) is 2.10. The Bertz CT molecular complexity index is 1070. The number of amides is 1. The molecule has 4 aromatic rings. The van der Waals surface area contributed by atoms with E-state index in [-0.39, 0.29) is 5.91 Å². The van der Waals surface area contributed by atoms with Gasteiger partial charge in [-0.05, 0) is 35.2 Å². The zero-order chi connectivity index (χ0) is 19.3. The number of anilines is 1. The lowest BCUT2D eigenvalue weighted by atomic mass is 10.0. The van der Waals surface area contributed by atoms with Crippen LogP contribution in [0.15, 0.2) is 84.2 Å². The molecule has 0 aliphatic carbocycles. The minimum absolute atomic E-state index is 0.136. The molecule has 0 radical (unpaired) electrons. The number of rotatable bonds is 5. The van der Waals surface area contributed by atoms with Crippen LogP contribution in [0.5, 0.6) is 0 Å². The van der Waals surface area contributed by atoms with Gasteiger partial charge in [-0.3, -0.25) is 10.1 Å². The first-order valence-electron chi connectivity index (χ1n) is 9.24. The molecule has 3 nitrogen and oxygen atoms in total. The molecule has 4 rings (SSSR count). The van der Waals surface area contributed by atoms with Gasteiger partial charge in [0.25, 0.3) is 5.91 Å². The Labute approximate surface area is 168 Å². The second-order valence-electron chi connectivity index (χ2n) is 6.49. The lowest BCUT2D eigenvalue weighted by Crippen LogP contribution is -2.11. The summed E-state index contributed by atoms with van der Waals surface area (Å²) in [5, 5.41) is 5.46. The molecular formula is C24H20N2OS. The predicted octanol–water partition coefficient (Wildman–Crippen LogP) is 6.29. The summed E-state index contributed by atoms with van der Waals surface area (Å²) in [5.74, 6) is -0.136. The van der Waals surface area contributed by atoms with E-state index in [9.17, 15) is 4.79 Å². The fourth-order valence-corrected chi connectivity index (χ4v) is 3.70. The van der Waals surface area contributed by atoms with Gasteiger partial charge < -0.3 is 0 Å². The Morgan fingerprint density at radius 1 is 0.857 bits per heavy atom. The minimum Gasteiger partial charge on any atom is -0.298 e. The number of hydrogen-bond donors (Lipinski definition) is 1. The molecule has 138 valence electrons. The van der Waals surface area contributed by atoms with Crippen molar-refractivity contribution in [3.05, 3.63) is 95.4 Å². The number of nitrogens with one attached hydrogen (secondary N) is 1. The molecule has 0 saturated heterocycles. The summed E-state index contributed by atoms with van der Waals surface area (Å²) in [5.41, 5.74) is 6.11. The van der Waals surface area contributed by atoms with Crippen molar-refractivity contribution in [2.24, 2.45) is 0 Å². The van der Waals surface area contributed by atoms with E-state index in [4.69, 9.17) is 0 Å². The van der Waals surface area contributed by atoms with Gasteiger partial charge in [-0.15, -0.1) is 11.3 Å². The summed E-state index contributed by atoms with van der Waals surface area (Å²) < 4.78 is 0. The summed E-state index contributed by atoms with van der Waals surface area (Å²) in [6.07, 6.45) is 0.959. The summed E-state index contributed by atoms with van der Waals surface area (Å²) in [7, 11) is 0. The average molecular weight is 385 g/mol. The van der Waals surface area contributed by atoms with Crippen LogP contribution in [-0.2, 0) is 6.42 Å². The average Bonchev–Trinajstić information content (AvgIpc) is 3.23. The summed E-state index contributed by atoms with van der Waals surface area (Å²) >= 11 is 1.43. The fraction of sp³-hybridized carbons (Fsp3) is 0.0833. The van der Waals surface area contributed by atoms with E-state index < -0.39 is 0 Å². The van der Waals surface area contributed by atoms with E-state index in [0.29, 0.717) is 10.7 Å². The Morgan fingerprint density at radius 2 is 1.50 bits per heavy atom. The molecule has 0 fully saturated rings. The number of hydrogen-bond acceptors (Lipinski definition) is 3. The molecule has 0 unspecified atom stereocenters. The summed E-state index contributed by atoms with van der Waals surface area (Å²) in [6, 6.07) is 26.3. The molecule has 1 heterocycles. The van der Waals surface area contributed by atoms with Crippen molar-refractivity contribution in [3.8, 4) is 22.4 Å². The normalized spacial score (nSPS) is 10.6. The predicted molar refractivity (Wildman–Crippen MR) is 117 cm³/mol. The van der Waals surface area contributed by atoms with Crippen LogP contribution in [-0.4, -0.2) is 10.9 Å². The van der Waals surface area contributed by atoms with Crippen LogP contribution in [0.3, 0.4) is 0 Å². The topological polar surface area (TPSA) is 42.0 Å². The van der Waals surface area contributed by atoms with Crippen LogP contribution in [0, 0.1) is 0 Å². The van der Waals surface area contributed by atoms with Crippen molar-refractivity contribution in [2.75, 3.05) is 5.32 Å². The molecule has 1 aromatic heterocycles. The van der Waals surface area contributed by atoms with Crippen molar-refractivity contribution >= 4 is 22.4 Å². The number of nitrogens with zero attached hydrogens (tertiary/aromatic N) is 1. The highest BCUT2D eigenvalue weighted by atomic mass is 32.1. The van der Waals surface area contributed by atoms with E-state index in [1.54, 1.807) is 0 Å². The van der Waals surface area contributed by atoms with E-state index in [0.717, 1.165) is 17.7 Å². The first-order valence-corrected chi connectivity index (χ1v) is 10.1. The second kappa shape index (κ2) is 8.19. The quantitative estimate of drug-likeness (QED) is 0.439. The lowest BCUT2D eigenvalue weighted by molar-refractivity contribution is 0.102. The van der Waals surface area contributed by atoms with E-state index >= 15 is 0 Å². The van der Waals surface area contributed by atoms with Gasteiger partial charge >= 0.3 is 0 Å². The second-order valence-corrected chi connectivity index (χ2v) is 7.34. The maximum absolute atomic E-state index is 12.4. The largest absolute Gasteiger partial charge is 0.298 e. The maximum Gasteiger partial charge on any atom is 0.257 e. The highest BCUT2D eigenvalue weighted by Crippen LogP contribution is 2.28. The zero-order valence-corrected chi connectivity index (χ0v) is 16.4. The number of aromatic nitrogens is 1. The van der Waals surface area contributed by atoms with Crippen molar-refractivity contribution in [3.63, 3.8) is 0 Å². The summed E-state index contributed by atoms with van der Waals surface area (Å²) in [4.78, 5) is 17.0. The Morgan fingerprint density at radius 3 is 2.18 bits per heavy atom. The molecule has 28 heavy (non-hydrogen) atoms. The standard InChI is InChI=1S/C24H20N2OS/c1-2-17-8-10-21(11-9-17)23(27)26-24-25-22(16-28-24)20-14-12-19(13-15-20)18-6-4-3-5-7-18/h3-16H,2H2,1H3,(H,25,26,27). The first-order chi connectivity index (χ1) is 13.7. The third kappa shape index (κ3) is 4.02. The molecule has 1 N–H and O–H groups in total. The highest BCUT2D eigenvalue weighted by Gasteiger charge is 2.10. The number of aryl methyl sites for hydroxylation is 1. The van der Waals surface area contributed by atoms with Crippen LogP contribution in [0.4, 0.5) is 5.13 Å². The molecule has 0 spiro atoms. The SMILES string of the molecule is CCc1ccc(C(=O)Nc2nc(-c3ccc(-c4ccccc4)cc3)cs2)cc1. The van der Waals surface area contributed by atoms with E-state index in [1.807, 2.05) is 47.8 Å². The Hall–Kier alpha value is -3.24. The zero-order valence-electron chi connectivity index (χ0n) is 15.6.